The minimum absolute atomic E-state index is 0. The van der Waals surface area contributed by atoms with Crippen molar-refractivity contribution in [3.05, 3.63) is 0 Å². The molecule has 0 aromatic rings. The van der Waals surface area contributed by atoms with E-state index in [0.29, 0.717) is 0 Å². The molecule has 0 N–H and O–H groups in total. The van der Waals surface area contributed by atoms with E-state index in [4.69, 9.17) is 0 Å². The van der Waals surface area contributed by atoms with Crippen LogP contribution in [0.4, 0.5) is 13.2 Å². The predicted octanol–water partition coefficient (Wildman–Crippen LogP) is 0.985. The Labute approximate surface area is 57.4 Å². The van der Waals surface area contributed by atoms with E-state index in [-0.39, 0.29) is 1.43 Å². The molecule has 0 atom stereocenters. The van der Waals surface area contributed by atoms with E-state index >= 15 is 0 Å². The molecular weight excluding hydrogens is 173 g/mol. The van der Waals surface area contributed by atoms with Crippen molar-refractivity contribution in [1.82, 2.24) is 0 Å². The molecule has 0 aromatic heterocycles. The number of hydrogen-bond acceptors (Lipinski definition) is 3. The van der Waals surface area contributed by atoms with Gasteiger partial charge in [0.25, 0.3) is 0 Å². The number of rotatable bonds is 2. The van der Waals surface area contributed by atoms with E-state index in [0.717, 1.165) is 6.92 Å². The topological polar surface area (TPSA) is 43.4 Å². The van der Waals surface area contributed by atoms with Gasteiger partial charge in [-0.05, 0) is 6.92 Å². The maximum Gasteiger partial charge on any atom is 1.00 e. The zero-order valence-electron chi connectivity index (χ0n) is 5.97. The molecule has 0 aliphatic carbocycles. The van der Waals surface area contributed by atoms with Crippen LogP contribution in [0.15, 0.2) is 0 Å². The van der Waals surface area contributed by atoms with Crippen molar-refractivity contribution in [3.8, 4) is 0 Å². The molecule has 10 heavy (non-hydrogen) atoms. The molecule has 3 nitrogen and oxygen atoms in total. The van der Waals surface area contributed by atoms with Gasteiger partial charge >= 0.3 is 17.1 Å². The molecule has 0 rings (SSSR count). The summed E-state index contributed by atoms with van der Waals surface area (Å²) >= 11 is 0. The van der Waals surface area contributed by atoms with Crippen molar-refractivity contribution in [2.75, 3.05) is 6.61 Å². The molecule has 0 spiro atoms. The molecule has 0 saturated carbocycles. The fourth-order valence-electron chi connectivity index (χ4n) is 0.222. The van der Waals surface area contributed by atoms with Gasteiger partial charge in [0.05, 0.1) is 6.61 Å². The van der Waals surface area contributed by atoms with Gasteiger partial charge in [-0.25, -0.2) is 0 Å². The molecule has 7 heteroatoms. The van der Waals surface area contributed by atoms with Gasteiger partial charge in [-0.3, -0.25) is 4.18 Å². The second-order valence-electron chi connectivity index (χ2n) is 1.31. The van der Waals surface area contributed by atoms with Crippen molar-refractivity contribution in [2.45, 2.75) is 12.4 Å². The third-order valence-corrected chi connectivity index (χ3v) is 1.67. The smallest absolute Gasteiger partial charge is 0.263 e. The van der Waals surface area contributed by atoms with E-state index in [1.807, 2.05) is 0 Å². The highest BCUT2D eigenvalue weighted by atomic mass is 32.2. The minimum atomic E-state index is -5.35. The molecule has 0 aromatic carbocycles. The summed E-state index contributed by atoms with van der Waals surface area (Å²) < 4.78 is 57.2. The first-order valence-electron chi connectivity index (χ1n) is 2.27. The largest absolute Gasteiger partial charge is 1.00 e. The Morgan fingerprint density at radius 2 is 1.90 bits per heavy atom. The third-order valence-electron chi connectivity index (χ3n) is 0.556. The summed E-state index contributed by atoms with van der Waals surface area (Å²) in [7, 11) is -5.35. The monoisotopic (exact) mass is 179 g/mol. The Kier molecular flexibility index (Phi) is 2.67. The second kappa shape index (κ2) is 2.75. The van der Waals surface area contributed by atoms with Crippen LogP contribution in [0.25, 0.3) is 0 Å². The van der Waals surface area contributed by atoms with Crippen LogP contribution < -0.4 is 0 Å². The minimum Gasteiger partial charge on any atom is -0.263 e. The van der Waals surface area contributed by atoms with Crippen LogP contribution in [-0.2, 0) is 14.3 Å². The molecular formula is C3H6F3O3S+. The zero-order valence-corrected chi connectivity index (χ0v) is 5.79. The van der Waals surface area contributed by atoms with Gasteiger partial charge in [0.15, 0.2) is 0 Å². The Balaban J connectivity index is 0. The highest BCUT2D eigenvalue weighted by Crippen LogP contribution is 2.23. The highest BCUT2D eigenvalue weighted by molar-refractivity contribution is 7.87. The summed E-state index contributed by atoms with van der Waals surface area (Å²) in [4.78, 5) is 0. The van der Waals surface area contributed by atoms with Crippen LogP contribution in [0, 0.1) is 0 Å². The van der Waals surface area contributed by atoms with E-state index in [1.54, 1.807) is 0 Å². The summed E-state index contributed by atoms with van der Waals surface area (Å²) in [6, 6.07) is 0. The molecule has 0 amide bonds. The first-order valence-corrected chi connectivity index (χ1v) is 3.68. The van der Waals surface area contributed by atoms with Gasteiger partial charge in [0.2, 0.25) is 0 Å². The molecule has 0 bridgehead atoms. The molecule has 0 heterocycles. The summed E-state index contributed by atoms with van der Waals surface area (Å²) in [6.45, 7) is 0.644. The lowest BCUT2D eigenvalue weighted by Gasteiger charge is -2.05. The third kappa shape index (κ3) is 2.14. The summed E-state index contributed by atoms with van der Waals surface area (Å²) in [5.74, 6) is 0. The van der Waals surface area contributed by atoms with Crippen LogP contribution in [0.2, 0.25) is 0 Å². The normalized spacial score (nSPS) is 13.6. The van der Waals surface area contributed by atoms with E-state index in [2.05, 4.69) is 4.18 Å². The predicted molar refractivity (Wildman–Crippen MR) is 27.7 cm³/mol. The van der Waals surface area contributed by atoms with E-state index in [9.17, 15) is 21.6 Å². The van der Waals surface area contributed by atoms with Crippen molar-refractivity contribution in [3.63, 3.8) is 0 Å². The lowest BCUT2D eigenvalue weighted by molar-refractivity contribution is -0.0539. The maximum absolute atomic E-state index is 11.3. The van der Waals surface area contributed by atoms with Crippen LogP contribution >= 0.6 is 0 Å². The Morgan fingerprint density at radius 3 is 2.00 bits per heavy atom. The molecule has 0 fully saturated rings. The molecule has 0 saturated heterocycles. The van der Waals surface area contributed by atoms with Crippen LogP contribution in [-0.4, -0.2) is 20.5 Å². The Morgan fingerprint density at radius 1 is 1.50 bits per heavy atom. The van der Waals surface area contributed by atoms with Crippen LogP contribution in [0.5, 0.6) is 0 Å². The van der Waals surface area contributed by atoms with Gasteiger partial charge in [-0.2, -0.15) is 21.6 Å². The van der Waals surface area contributed by atoms with Crippen molar-refractivity contribution < 1.29 is 27.2 Å². The average molecular weight is 179 g/mol. The van der Waals surface area contributed by atoms with Crippen molar-refractivity contribution >= 4 is 10.1 Å². The van der Waals surface area contributed by atoms with Gasteiger partial charge in [0.1, 0.15) is 0 Å². The summed E-state index contributed by atoms with van der Waals surface area (Å²) in [5, 5.41) is 0. The fourth-order valence-corrected chi connectivity index (χ4v) is 0.666. The zero-order chi connectivity index (χ0) is 8.41. The van der Waals surface area contributed by atoms with Gasteiger partial charge in [-0.1, -0.05) is 0 Å². The highest BCUT2D eigenvalue weighted by Gasteiger charge is 2.46. The molecule has 0 aliphatic heterocycles. The number of hydrogen-bond donors (Lipinski definition) is 0. The van der Waals surface area contributed by atoms with Crippen LogP contribution in [0.3, 0.4) is 0 Å². The Bertz CT molecular complexity index is 196. The maximum atomic E-state index is 11.3. The lowest BCUT2D eigenvalue weighted by Crippen LogP contribution is -2.25. The van der Waals surface area contributed by atoms with Crippen molar-refractivity contribution in [2.24, 2.45) is 0 Å². The summed E-state index contributed by atoms with van der Waals surface area (Å²) in [6.07, 6.45) is 0. The van der Waals surface area contributed by atoms with Gasteiger partial charge in [0, 0.05) is 0 Å². The first-order chi connectivity index (χ1) is 4.31. The molecule has 0 aliphatic rings. The van der Waals surface area contributed by atoms with E-state index in [1.165, 1.54) is 0 Å². The first kappa shape index (κ1) is 9.70. The standard InChI is InChI=1S/C3H5F3O3S/c1-2-9-10(7,8)3(4,5)6/h2H2,1H3/p+1. The van der Waals surface area contributed by atoms with Crippen molar-refractivity contribution in [1.29, 1.82) is 0 Å². The van der Waals surface area contributed by atoms with E-state index < -0.39 is 22.2 Å². The molecule has 0 radical (unpaired) electrons. The SMILES string of the molecule is CCOS(=O)(=O)C(F)(F)F.[H+]. The molecule has 62 valence electrons. The average Bonchev–Trinajstić information content (AvgIpc) is 1.61. The van der Waals surface area contributed by atoms with Crippen LogP contribution in [0.1, 0.15) is 8.35 Å². The molecule has 0 unspecified atom stereocenters. The quantitative estimate of drug-likeness (QED) is 0.469. The summed E-state index contributed by atoms with van der Waals surface area (Å²) in [5.41, 5.74) is -5.30. The fraction of sp³-hybridized carbons (Fsp3) is 1.00. The van der Waals surface area contributed by atoms with Gasteiger partial charge in [-0.15, -0.1) is 0 Å². The number of alkyl halides is 3. The number of halogens is 3. The second-order valence-corrected chi connectivity index (χ2v) is 2.91. The lowest BCUT2D eigenvalue weighted by atomic mass is 10.9. The van der Waals surface area contributed by atoms with Gasteiger partial charge < -0.3 is 0 Å². The Hall–Kier alpha value is -0.300.